The molecule has 1 N–H and O–H groups in total. The van der Waals surface area contributed by atoms with Gasteiger partial charge in [-0.1, -0.05) is 0 Å². The molecule has 4 bridgehead atoms. The summed E-state index contributed by atoms with van der Waals surface area (Å²) in [6.45, 7) is 2.35. The summed E-state index contributed by atoms with van der Waals surface area (Å²) in [5, 5.41) is 3.58. The SMILES string of the molecule is CC(Nc1ncccn1)C12CC3CC(CC(C3)C1)C2. The van der Waals surface area contributed by atoms with E-state index >= 15 is 0 Å². The zero-order chi connectivity index (χ0) is 12.9. The van der Waals surface area contributed by atoms with Gasteiger partial charge >= 0.3 is 0 Å². The van der Waals surface area contributed by atoms with E-state index in [4.69, 9.17) is 0 Å². The zero-order valence-electron chi connectivity index (χ0n) is 11.7. The van der Waals surface area contributed by atoms with Crippen molar-refractivity contribution < 1.29 is 0 Å². The van der Waals surface area contributed by atoms with E-state index in [1.807, 2.05) is 18.5 Å². The smallest absolute Gasteiger partial charge is 0.222 e. The number of aromatic nitrogens is 2. The van der Waals surface area contributed by atoms with E-state index in [1.54, 1.807) is 0 Å². The van der Waals surface area contributed by atoms with Gasteiger partial charge in [0.25, 0.3) is 0 Å². The molecule has 0 radical (unpaired) electrons. The molecule has 102 valence electrons. The normalized spacial score (nSPS) is 41.2. The van der Waals surface area contributed by atoms with Gasteiger partial charge in [-0.25, -0.2) is 9.97 Å². The van der Waals surface area contributed by atoms with E-state index < -0.39 is 0 Å². The predicted octanol–water partition coefficient (Wildman–Crippen LogP) is 3.49. The minimum atomic E-state index is 0.503. The van der Waals surface area contributed by atoms with E-state index in [0.29, 0.717) is 11.5 Å². The van der Waals surface area contributed by atoms with Crippen molar-refractivity contribution in [2.24, 2.45) is 23.2 Å². The third-order valence-electron chi connectivity index (χ3n) is 5.92. The van der Waals surface area contributed by atoms with Gasteiger partial charge in [0, 0.05) is 18.4 Å². The van der Waals surface area contributed by atoms with Gasteiger partial charge in [-0.15, -0.1) is 0 Å². The van der Waals surface area contributed by atoms with Crippen molar-refractivity contribution in [1.82, 2.24) is 9.97 Å². The van der Waals surface area contributed by atoms with Crippen LogP contribution in [0.3, 0.4) is 0 Å². The number of nitrogens with zero attached hydrogens (tertiary/aromatic N) is 2. The van der Waals surface area contributed by atoms with Gasteiger partial charge in [0.1, 0.15) is 0 Å². The van der Waals surface area contributed by atoms with Crippen LogP contribution in [-0.4, -0.2) is 16.0 Å². The van der Waals surface area contributed by atoms with Crippen LogP contribution in [0.25, 0.3) is 0 Å². The predicted molar refractivity (Wildman–Crippen MR) is 75.7 cm³/mol. The maximum Gasteiger partial charge on any atom is 0.222 e. The van der Waals surface area contributed by atoms with Gasteiger partial charge in [0.15, 0.2) is 0 Å². The highest BCUT2D eigenvalue weighted by Gasteiger charge is 2.53. The van der Waals surface area contributed by atoms with Crippen LogP contribution < -0.4 is 5.32 Å². The molecule has 0 saturated heterocycles. The molecule has 3 heteroatoms. The summed E-state index contributed by atoms with van der Waals surface area (Å²) in [6, 6.07) is 2.38. The zero-order valence-corrected chi connectivity index (χ0v) is 11.7. The number of rotatable bonds is 3. The van der Waals surface area contributed by atoms with Crippen molar-refractivity contribution in [2.45, 2.75) is 51.5 Å². The van der Waals surface area contributed by atoms with Crippen LogP contribution >= 0.6 is 0 Å². The van der Waals surface area contributed by atoms with Crippen molar-refractivity contribution in [3.8, 4) is 0 Å². The molecule has 0 amide bonds. The van der Waals surface area contributed by atoms with Crippen LogP contribution in [0.5, 0.6) is 0 Å². The summed E-state index contributed by atoms with van der Waals surface area (Å²) in [5.41, 5.74) is 0.522. The first-order valence-electron chi connectivity index (χ1n) is 7.77. The van der Waals surface area contributed by atoms with Crippen LogP contribution in [-0.2, 0) is 0 Å². The van der Waals surface area contributed by atoms with Crippen molar-refractivity contribution in [1.29, 1.82) is 0 Å². The number of hydrogen-bond acceptors (Lipinski definition) is 3. The topological polar surface area (TPSA) is 37.8 Å². The highest BCUT2D eigenvalue weighted by molar-refractivity contribution is 5.26. The first kappa shape index (κ1) is 11.7. The minimum absolute atomic E-state index is 0.503. The molecule has 1 aromatic rings. The molecule has 4 aliphatic rings. The molecule has 0 aromatic carbocycles. The Bertz CT molecular complexity index is 421. The summed E-state index contributed by atoms with van der Waals surface area (Å²) < 4.78 is 0. The molecule has 4 aliphatic carbocycles. The largest absolute Gasteiger partial charge is 0.351 e. The van der Waals surface area contributed by atoms with Gasteiger partial charge in [-0.3, -0.25) is 0 Å². The van der Waals surface area contributed by atoms with Gasteiger partial charge in [0.05, 0.1) is 0 Å². The minimum Gasteiger partial charge on any atom is -0.351 e. The fraction of sp³-hybridized carbons (Fsp3) is 0.750. The molecule has 4 saturated carbocycles. The molecule has 19 heavy (non-hydrogen) atoms. The summed E-state index contributed by atoms with van der Waals surface area (Å²) in [6.07, 6.45) is 12.5. The second kappa shape index (κ2) is 4.19. The standard InChI is InChI=1S/C16H23N3/c1-11(19-15-17-3-2-4-18-15)16-8-12-5-13(9-16)7-14(6-12)10-16/h2-4,11-14H,5-10H2,1H3,(H,17,18,19). The maximum atomic E-state index is 4.32. The van der Waals surface area contributed by atoms with Crippen LogP contribution in [0.15, 0.2) is 18.5 Å². The van der Waals surface area contributed by atoms with E-state index in [0.717, 1.165) is 23.7 Å². The van der Waals surface area contributed by atoms with Crippen LogP contribution in [0, 0.1) is 23.2 Å². The average molecular weight is 257 g/mol. The third-order valence-corrected chi connectivity index (χ3v) is 5.92. The van der Waals surface area contributed by atoms with Gasteiger partial charge in [-0.05, 0) is 74.7 Å². The Morgan fingerprint density at radius 2 is 1.58 bits per heavy atom. The molecule has 1 unspecified atom stereocenters. The van der Waals surface area contributed by atoms with E-state index in [-0.39, 0.29) is 0 Å². The van der Waals surface area contributed by atoms with Crippen molar-refractivity contribution in [3.63, 3.8) is 0 Å². The Labute approximate surface area is 115 Å². The second-order valence-corrected chi connectivity index (χ2v) is 7.22. The first-order chi connectivity index (χ1) is 9.23. The van der Waals surface area contributed by atoms with E-state index in [1.165, 1.54) is 38.5 Å². The van der Waals surface area contributed by atoms with E-state index in [2.05, 4.69) is 22.2 Å². The lowest BCUT2D eigenvalue weighted by molar-refractivity contribution is -0.0603. The third kappa shape index (κ3) is 1.94. The monoisotopic (exact) mass is 257 g/mol. The Hall–Kier alpha value is -1.12. The molecule has 5 rings (SSSR count). The van der Waals surface area contributed by atoms with E-state index in [9.17, 15) is 0 Å². The highest BCUT2D eigenvalue weighted by Crippen LogP contribution is 2.61. The van der Waals surface area contributed by atoms with Gasteiger partial charge in [-0.2, -0.15) is 0 Å². The Morgan fingerprint density at radius 1 is 1.05 bits per heavy atom. The molecule has 0 aliphatic heterocycles. The number of nitrogens with one attached hydrogen (secondary N) is 1. The summed E-state index contributed by atoms with van der Waals surface area (Å²) in [4.78, 5) is 8.65. The molecule has 0 spiro atoms. The van der Waals surface area contributed by atoms with Crippen LogP contribution in [0.1, 0.15) is 45.4 Å². The molecule has 1 atom stereocenters. The average Bonchev–Trinajstić information content (AvgIpc) is 2.38. The molecular weight excluding hydrogens is 234 g/mol. The fourth-order valence-electron chi connectivity index (χ4n) is 5.43. The molecular formula is C16H23N3. The molecule has 1 aromatic heterocycles. The number of anilines is 1. The maximum absolute atomic E-state index is 4.32. The lowest BCUT2D eigenvalue weighted by Gasteiger charge is -2.59. The Balaban J connectivity index is 1.55. The molecule has 1 heterocycles. The summed E-state index contributed by atoms with van der Waals surface area (Å²) >= 11 is 0. The lowest BCUT2D eigenvalue weighted by atomic mass is 9.48. The fourth-order valence-corrected chi connectivity index (χ4v) is 5.43. The van der Waals surface area contributed by atoms with Gasteiger partial charge < -0.3 is 5.32 Å². The highest BCUT2D eigenvalue weighted by atomic mass is 15.1. The quantitative estimate of drug-likeness (QED) is 0.900. The lowest BCUT2D eigenvalue weighted by Crippen LogP contribution is -2.53. The van der Waals surface area contributed by atoms with Crippen molar-refractivity contribution in [2.75, 3.05) is 5.32 Å². The number of hydrogen-bond donors (Lipinski definition) is 1. The second-order valence-electron chi connectivity index (χ2n) is 7.22. The molecule has 3 nitrogen and oxygen atoms in total. The van der Waals surface area contributed by atoms with Crippen LogP contribution in [0.4, 0.5) is 5.95 Å². The van der Waals surface area contributed by atoms with Crippen molar-refractivity contribution in [3.05, 3.63) is 18.5 Å². The summed E-state index contributed by atoms with van der Waals surface area (Å²) in [5.74, 6) is 3.82. The first-order valence-corrected chi connectivity index (χ1v) is 7.77. The van der Waals surface area contributed by atoms with Crippen LogP contribution in [0.2, 0.25) is 0 Å². The van der Waals surface area contributed by atoms with Crippen molar-refractivity contribution >= 4 is 5.95 Å². The Morgan fingerprint density at radius 3 is 2.11 bits per heavy atom. The summed E-state index contributed by atoms with van der Waals surface area (Å²) in [7, 11) is 0. The molecule has 4 fully saturated rings. The Kier molecular flexibility index (Phi) is 2.58. The van der Waals surface area contributed by atoms with Gasteiger partial charge in [0.2, 0.25) is 5.95 Å².